The molecule has 1 aliphatic heterocycles. The van der Waals surface area contributed by atoms with Crippen molar-refractivity contribution in [2.24, 2.45) is 5.92 Å². The van der Waals surface area contributed by atoms with Gasteiger partial charge in [-0.15, -0.1) is 0 Å². The Kier molecular flexibility index (Phi) is 5.56. The second-order valence-electron chi connectivity index (χ2n) is 9.35. The standard InChI is InChI=1S/C28H28N4O2/c29-17-22-15-21(5-8-27(22)34-18-19-1-2-19)24-9-10-30-28-25(24)16-26(31-28)20-3-6-23(7-4-20)32-11-13-33-14-12-32/h3,5-10,15-16,19-20H,1-2,4,11-14,18H2,(H,30,31). The zero-order valence-electron chi connectivity index (χ0n) is 19.2. The summed E-state index contributed by atoms with van der Waals surface area (Å²) in [6, 6.07) is 12.4. The molecule has 1 unspecified atom stereocenters. The molecule has 3 heterocycles. The Morgan fingerprint density at radius 1 is 1.18 bits per heavy atom. The van der Waals surface area contributed by atoms with Gasteiger partial charge < -0.3 is 19.4 Å². The highest BCUT2D eigenvalue weighted by atomic mass is 16.5. The van der Waals surface area contributed by atoms with Gasteiger partial charge in [0.15, 0.2) is 0 Å². The van der Waals surface area contributed by atoms with Crippen molar-refractivity contribution in [1.29, 1.82) is 5.26 Å². The summed E-state index contributed by atoms with van der Waals surface area (Å²) in [6.07, 6.45) is 12.1. The van der Waals surface area contributed by atoms with Crippen LogP contribution >= 0.6 is 0 Å². The number of aromatic nitrogens is 2. The number of H-pyrrole nitrogens is 1. The van der Waals surface area contributed by atoms with E-state index < -0.39 is 0 Å². The minimum Gasteiger partial charge on any atom is -0.492 e. The number of morpholine rings is 1. The van der Waals surface area contributed by atoms with Gasteiger partial charge in [0, 0.05) is 42.0 Å². The molecule has 1 aromatic carbocycles. The maximum atomic E-state index is 9.70. The zero-order valence-corrected chi connectivity index (χ0v) is 19.2. The number of allylic oxidation sites excluding steroid dienone is 3. The van der Waals surface area contributed by atoms with Crippen molar-refractivity contribution in [3.8, 4) is 22.9 Å². The number of nitriles is 1. The van der Waals surface area contributed by atoms with Crippen LogP contribution in [0.5, 0.6) is 5.75 Å². The third-order valence-corrected chi connectivity index (χ3v) is 6.99. The van der Waals surface area contributed by atoms with E-state index in [2.05, 4.69) is 45.2 Å². The van der Waals surface area contributed by atoms with Crippen LogP contribution in [-0.4, -0.2) is 47.8 Å². The van der Waals surface area contributed by atoms with Crippen LogP contribution in [0.4, 0.5) is 0 Å². The molecule has 3 aromatic rings. The predicted octanol–water partition coefficient (Wildman–Crippen LogP) is 5.15. The van der Waals surface area contributed by atoms with Gasteiger partial charge in [-0.2, -0.15) is 5.26 Å². The first-order chi connectivity index (χ1) is 16.8. The Hall–Kier alpha value is -3.56. The number of nitrogens with one attached hydrogen (secondary N) is 1. The van der Waals surface area contributed by atoms with E-state index in [1.807, 2.05) is 30.5 Å². The summed E-state index contributed by atoms with van der Waals surface area (Å²) in [5.41, 5.74) is 5.98. The van der Waals surface area contributed by atoms with E-state index in [4.69, 9.17) is 9.47 Å². The summed E-state index contributed by atoms with van der Waals surface area (Å²) in [5, 5.41) is 10.8. The number of benzene rings is 1. The lowest BCUT2D eigenvalue weighted by molar-refractivity contribution is 0.0551. The van der Waals surface area contributed by atoms with Crippen molar-refractivity contribution in [3.05, 3.63) is 71.7 Å². The molecule has 1 atom stereocenters. The van der Waals surface area contributed by atoms with Crippen LogP contribution in [0.2, 0.25) is 0 Å². The minimum atomic E-state index is 0.291. The fraction of sp³-hybridized carbons (Fsp3) is 0.357. The molecule has 1 N–H and O–H groups in total. The van der Waals surface area contributed by atoms with E-state index in [9.17, 15) is 5.26 Å². The normalized spacial score (nSPS) is 20.3. The van der Waals surface area contributed by atoms with Crippen LogP contribution in [-0.2, 0) is 4.74 Å². The maximum Gasteiger partial charge on any atom is 0.138 e. The molecule has 34 heavy (non-hydrogen) atoms. The fourth-order valence-corrected chi connectivity index (χ4v) is 4.80. The third-order valence-electron chi connectivity index (χ3n) is 6.99. The molecular weight excluding hydrogens is 424 g/mol. The average Bonchev–Trinajstić information content (AvgIpc) is 3.63. The number of nitrogens with zero attached hydrogens (tertiary/aromatic N) is 3. The molecule has 0 spiro atoms. The Balaban J connectivity index is 1.25. The van der Waals surface area contributed by atoms with Crippen LogP contribution < -0.4 is 4.74 Å². The van der Waals surface area contributed by atoms with Crippen molar-refractivity contribution in [3.63, 3.8) is 0 Å². The van der Waals surface area contributed by atoms with E-state index in [-0.39, 0.29) is 0 Å². The minimum absolute atomic E-state index is 0.291. The molecule has 1 saturated carbocycles. The summed E-state index contributed by atoms with van der Waals surface area (Å²) < 4.78 is 11.4. The van der Waals surface area contributed by atoms with Crippen LogP contribution in [0.1, 0.15) is 36.4 Å². The lowest BCUT2D eigenvalue weighted by Gasteiger charge is -2.31. The molecule has 2 aromatic heterocycles. The summed E-state index contributed by atoms with van der Waals surface area (Å²) in [5.74, 6) is 1.62. The van der Waals surface area contributed by atoms with Gasteiger partial charge in [0.2, 0.25) is 0 Å². The largest absolute Gasteiger partial charge is 0.492 e. The molecule has 172 valence electrons. The number of fused-ring (bicyclic) bond motifs is 1. The molecule has 2 fully saturated rings. The van der Waals surface area contributed by atoms with E-state index in [1.165, 1.54) is 18.5 Å². The summed E-state index contributed by atoms with van der Waals surface area (Å²) in [4.78, 5) is 10.5. The Morgan fingerprint density at radius 2 is 2.06 bits per heavy atom. The molecule has 6 rings (SSSR count). The summed E-state index contributed by atoms with van der Waals surface area (Å²) >= 11 is 0. The molecule has 0 radical (unpaired) electrons. The second-order valence-corrected chi connectivity index (χ2v) is 9.35. The van der Waals surface area contributed by atoms with Crippen molar-refractivity contribution >= 4 is 11.0 Å². The Bertz CT molecular complexity index is 1310. The fourth-order valence-electron chi connectivity index (χ4n) is 4.80. The topological polar surface area (TPSA) is 74.2 Å². The van der Waals surface area contributed by atoms with Crippen molar-refractivity contribution < 1.29 is 9.47 Å². The molecule has 0 bridgehead atoms. The van der Waals surface area contributed by atoms with Crippen LogP contribution in [0.3, 0.4) is 0 Å². The van der Waals surface area contributed by atoms with Gasteiger partial charge in [-0.05, 0) is 66.6 Å². The first-order valence-electron chi connectivity index (χ1n) is 12.1. The van der Waals surface area contributed by atoms with Gasteiger partial charge in [-0.25, -0.2) is 4.98 Å². The second kappa shape index (κ2) is 9.00. The Morgan fingerprint density at radius 3 is 2.82 bits per heavy atom. The average molecular weight is 453 g/mol. The smallest absolute Gasteiger partial charge is 0.138 e. The number of pyridine rings is 1. The number of rotatable bonds is 6. The van der Waals surface area contributed by atoms with Gasteiger partial charge in [0.05, 0.1) is 25.4 Å². The summed E-state index contributed by atoms with van der Waals surface area (Å²) in [6.45, 7) is 4.20. The maximum absolute atomic E-state index is 9.70. The zero-order chi connectivity index (χ0) is 22.9. The number of ether oxygens (including phenoxy) is 2. The lowest BCUT2D eigenvalue weighted by Crippen LogP contribution is -2.35. The van der Waals surface area contributed by atoms with E-state index in [1.54, 1.807) is 0 Å². The Labute approximate surface area is 199 Å². The molecular formula is C28H28N4O2. The first-order valence-corrected chi connectivity index (χ1v) is 12.1. The highest BCUT2D eigenvalue weighted by Gasteiger charge is 2.23. The predicted molar refractivity (Wildman–Crippen MR) is 131 cm³/mol. The molecule has 2 aliphatic carbocycles. The summed E-state index contributed by atoms with van der Waals surface area (Å²) in [7, 11) is 0. The highest BCUT2D eigenvalue weighted by Crippen LogP contribution is 2.36. The van der Waals surface area contributed by atoms with Crippen molar-refractivity contribution in [1.82, 2.24) is 14.9 Å². The van der Waals surface area contributed by atoms with E-state index >= 15 is 0 Å². The van der Waals surface area contributed by atoms with Gasteiger partial charge in [-0.3, -0.25) is 0 Å². The molecule has 3 aliphatic rings. The number of aromatic amines is 1. The molecule has 1 saturated heterocycles. The van der Waals surface area contributed by atoms with Gasteiger partial charge >= 0.3 is 0 Å². The quantitative estimate of drug-likeness (QED) is 0.560. The SMILES string of the molecule is N#Cc1cc(-c2ccnc3[nH]c(C4C=CC(N5CCOCC5)=CC4)cc23)ccc1OCC1CC1. The van der Waals surface area contributed by atoms with E-state index in [0.717, 1.165) is 60.6 Å². The number of hydrogen-bond acceptors (Lipinski definition) is 5. The third kappa shape index (κ3) is 4.20. The van der Waals surface area contributed by atoms with Crippen molar-refractivity contribution in [2.45, 2.75) is 25.2 Å². The molecule has 6 nitrogen and oxygen atoms in total. The van der Waals surface area contributed by atoms with Crippen LogP contribution in [0, 0.1) is 17.2 Å². The molecule has 6 heteroatoms. The highest BCUT2D eigenvalue weighted by molar-refractivity contribution is 5.94. The first kappa shape index (κ1) is 21.0. The van der Waals surface area contributed by atoms with Gasteiger partial charge in [0.25, 0.3) is 0 Å². The van der Waals surface area contributed by atoms with Crippen LogP contribution in [0.15, 0.2) is 60.5 Å². The van der Waals surface area contributed by atoms with Crippen LogP contribution in [0.25, 0.3) is 22.2 Å². The lowest BCUT2D eigenvalue weighted by atomic mass is 9.95. The van der Waals surface area contributed by atoms with Gasteiger partial charge in [0.1, 0.15) is 17.5 Å². The van der Waals surface area contributed by atoms with Gasteiger partial charge in [-0.1, -0.05) is 18.2 Å². The van der Waals surface area contributed by atoms with E-state index in [0.29, 0.717) is 29.8 Å². The monoisotopic (exact) mass is 452 g/mol. The number of hydrogen-bond donors (Lipinski definition) is 1. The molecule has 0 amide bonds. The van der Waals surface area contributed by atoms with Crippen molar-refractivity contribution in [2.75, 3.05) is 32.9 Å².